The molecular weight excluding hydrogens is 271 g/mol. The van der Waals surface area contributed by atoms with Crippen LogP contribution < -0.4 is 0 Å². The fraction of sp³-hybridized carbons (Fsp3) is 0.375. The molecule has 2 heterocycles. The second-order valence-electron chi connectivity index (χ2n) is 5.41. The molecule has 1 aromatic carbocycles. The quantitative estimate of drug-likeness (QED) is 0.872. The first-order valence-electron chi connectivity index (χ1n) is 7.10. The molecule has 0 aliphatic carbocycles. The van der Waals surface area contributed by atoms with Crippen molar-refractivity contribution in [2.24, 2.45) is 0 Å². The van der Waals surface area contributed by atoms with Gasteiger partial charge in [0.15, 0.2) is 0 Å². The Hall–Kier alpha value is -2.17. The van der Waals surface area contributed by atoms with Crippen LogP contribution in [0, 0.1) is 12.7 Å². The summed E-state index contributed by atoms with van der Waals surface area (Å²) in [5.74, 6) is 0.510. The minimum absolute atomic E-state index is 0.00426. The van der Waals surface area contributed by atoms with Crippen LogP contribution in [0.2, 0.25) is 0 Å². The number of likely N-dealkylation sites (tertiary alicyclic amines) is 1. The maximum Gasteiger partial charge on any atom is 0.227 e. The maximum atomic E-state index is 12.9. The second kappa shape index (κ2) is 5.68. The van der Waals surface area contributed by atoms with Crippen LogP contribution in [0.1, 0.15) is 35.9 Å². The first kappa shape index (κ1) is 13.8. The third-order valence-corrected chi connectivity index (χ3v) is 3.83. The molecule has 0 saturated carbocycles. The highest BCUT2D eigenvalue weighted by Gasteiger charge is 2.31. The first-order chi connectivity index (χ1) is 10.1. The number of carbonyl (C=O) groups excluding carboxylic acids is 1. The molecule has 1 atom stereocenters. The Labute approximate surface area is 122 Å². The van der Waals surface area contributed by atoms with E-state index >= 15 is 0 Å². The molecule has 0 unspecified atom stereocenters. The van der Waals surface area contributed by atoms with E-state index in [0.29, 0.717) is 0 Å². The van der Waals surface area contributed by atoms with Gasteiger partial charge in [-0.2, -0.15) is 0 Å². The average molecular weight is 288 g/mol. The minimum atomic E-state index is -0.289. The molecule has 4 nitrogen and oxygen atoms in total. The molecule has 0 N–H and O–H groups in total. The fourth-order valence-electron chi connectivity index (χ4n) is 2.79. The number of rotatable bonds is 3. The predicted octanol–water partition coefficient (Wildman–Crippen LogP) is 3.03. The molecule has 5 heteroatoms. The minimum Gasteiger partial charge on any atom is -0.361 e. The lowest BCUT2D eigenvalue weighted by Gasteiger charge is -2.23. The van der Waals surface area contributed by atoms with Gasteiger partial charge in [-0.3, -0.25) is 4.79 Å². The SMILES string of the molecule is Cc1cc([C@@H]2CCCN2C(=O)Cc2ccc(F)cc2)no1. The third-order valence-electron chi connectivity index (χ3n) is 3.83. The summed E-state index contributed by atoms with van der Waals surface area (Å²) in [7, 11) is 0. The Morgan fingerprint density at radius 2 is 2.19 bits per heavy atom. The molecule has 2 aromatic rings. The lowest BCUT2D eigenvalue weighted by molar-refractivity contribution is -0.131. The summed E-state index contributed by atoms with van der Waals surface area (Å²) < 4.78 is 18.0. The molecule has 1 aliphatic heterocycles. The Morgan fingerprint density at radius 1 is 1.43 bits per heavy atom. The Bertz CT molecular complexity index is 636. The van der Waals surface area contributed by atoms with Gasteiger partial charge in [0.1, 0.15) is 17.3 Å². The van der Waals surface area contributed by atoms with Gasteiger partial charge < -0.3 is 9.42 Å². The monoisotopic (exact) mass is 288 g/mol. The molecule has 3 rings (SSSR count). The molecular formula is C16H17FN2O2. The van der Waals surface area contributed by atoms with E-state index in [9.17, 15) is 9.18 Å². The van der Waals surface area contributed by atoms with Crippen LogP contribution in [0.25, 0.3) is 0 Å². The van der Waals surface area contributed by atoms with Crippen LogP contribution in [-0.2, 0) is 11.2 Å². The number of aryl methyl sites for hydroxylation is 1. The zero-order valence-electron chi connectivity index (χ0n) is 11.9. The van der Waals surface area contributed by atoms with E-state index in [4.69, 9.17) is 4.52 Å². The van der Waals surface area contributed by atoms with Gasteiger partial charge in [0.2, 0.25) is 5.91 Å². The molecule has 1 aliphatic rings. The van der Waals surface area contributed by atoms with Crippen LogP contribution in [0.15, 0.2) is 34.9 Å². The van der Waals surface area contributed by atoms with E-state index in [0.717, 1.165) is 36.4 Å². The summed E-state index contributed by atoms with van der Waals surface area (Å²) >= 11 is 0. The molecule has 1 saturated heterocycles. The van der Waals surface area contributed by atoms with E-state index in [1.807, 2.05) is 17.9 Å². The zero-order valence-corrected chi connectivity index (χ0v) is 11.9. The highest BCUT2D eigenvalue weighted by Crippen LogP contribution is 2.31. The summed E-state index contributed by atoms with van der Waals surface area (Å²) in [5, 5.41) is 4.03. The summed E-state index contributed by atoms with van der Waals surface area (Å²) in [6, 6.07) is 7.94. The van der Waals surface area contributed by atoms with Crippen molar-refractivity contribution < 1.29 is 13.7 Å². The number of amides is 1. The van der Waals surface area contributed by atoms with Gasteiger partial charge >= 0.3 is 0 Å². The average Bonchev–Trinajstić information content (AvgIpc) is 3.09. The van der Waals surface area contributed by atoms with Crippen LogP contribution in [0.4, 0.5) is 4.39 Å². The number of hydrogen-bond donors (Lipinski definition) is 0. The highest BCUT2D eigenvalue weighted by molar-refractivity contribution is 5.79. The first-order valence-corrected chi connectivity index (χ1v) is 7.10. The molecule has 21 heavy (non-hydrogen) atoms. The molecule has 0 bridgehead atoms. The van der Waals surface area contributed by atoms with Crippen LogP contribution in [0.5, 0.6) is 0 Å². The third kappa shape index (κ3) is 2.96. The van der Waals surface area contributed by atoms with Crippen LogP contribution >= 0.6 is 0 Å². The van der Waals surface area contributed by atoms with Crippen LogP contribution in [0.3, 0.4) is 0 Å². The summed E-state index contributed by atoms with van der Waals surface area (Å²) in [4.78, 5) is 14.3. The topological polar surface area (TPSA) is 46.3 Å². The van der Waals surface area contributed by atoms with Crippen LogP contribution in [-0.4, -0.2) is 22.5 Å². The van der Waals surface area contributed by atoms with Gasteiger partial charge in [-0.1, -0.05) is 17.3 Å². The standard InChI is InChI=1S/C16H17FN2O2/c1-11-9-14(18-21-11)15-3-2-8-19(15)16(20)10-12-4-6-13(17)7-5-12/h4-7,9,15H,2-3,8,10H2,1H3/t15-/m0/s1. The molecule has 1 aromatic heterocycles. The van der Waals surface area contributed by atoms with Crippen molar-refractivity contribution in [3.05, 3.63) is 53.2 Å². The zero-order chi connectivity index (χ0) is 14.8. The van der Waals surface area contributed by atoms with Gasteiger partial charge in [0.05, 0.1) is 12.5 Å². The number of aromatic nitrogens is 1. The Kier molecular flexibility index (Phi) is 3.73. The lowest BCUT2D eigenvalue weighted by atomic mass is 10.1. The van der Waals surface area contributed by atoms with Crippen molar-refractivity contribution in [2.75, 3.05) is 6.54 Å². The molecule has 0 radical (unpaired) electrons. The van der Waals surface area contributed by atoms with Gasteiger partial charge in [-0.15, -0.1) is 0 Å². The summed E-state index contributed by atoms with van der Waals surface area (Å²) in [6.07, 6.45) is 2.15. The predicted molar refractivity (Wildman–Crippen MR) is 75.0 cm³/mol. The smallest absolute Gasteiger partial charge is 0.227 e. The number of nitrogens with zero attached hydrogens (tertiary/aromatic N) is 2. The Morgan fingerprint density at radius 3 is 2.86 bits per heavy atom. The van der Waals surface area contributed by atoms with E-state index in [1.54, 1.807) is 12.1 Å². The number of halogens is 1. The van der Waals surface area contributed by atoms with Gasteiger partial charge in [-0.25, -0.2) is 4.39 Å². The fourth-order valence-corrected chi connectivity index (χ4v) is 2.79. The van der Waals surface area contributed by atoms with Crippen molar-refractivity contribution >= 4 is 5.91 Å². The molecule has 0 spiro atoms. The highest BCUT2D eigenvalue weighted by atomic mass is 19.1. The lowest BCUT2D eigenvalue weighted by Crippen LogP contribution is -2.32. The van der Waals surface area contributed by atoms with E-state index in [2.05, 4.69) is 5.16 Å². The normalized spacial score (nSPS) is 18.2. The summed E-state index contributed by atoms with van der Waals surface area (Å²) in [6.45, 7) is 2.58. The van der Waals surface area contributed by atoms with Gasteiger partial charge in [0, 0.05) is 12.6 Å². The largest absolute Gasteiger partial charge is 0.361 e. The van der Waals surface area contributed by atoms with Gasteiger partial charge in [0.25, 0.3) is 0 Å². The van der Waals surface area contributed by atoms with Crippen molar-refractivity contribution in [2.45, 2.75) is 32.2 Å². The van der Waals surface area contributed by atoms with Crippen molar-refractivity contribution in [1.29, 1.82) is 0 Å². The van der Waals surface area contributed by atoms with Crippen molar-refractivity contribution in [1.82, 2.24) is 10.1 Å². The van der Waals surface area contributed by atoms with Crippen molar-refractivity contribution in [3.8, 4) is 0 Å². The number of carbonyl (C=O) groups is 1. The summed E-state index contributed by atoms with van der Waals surface area (Å²) in [5.41, 5.74) is 1.64. The molecule has 1 amide bonds. The van der Waals surface area contributed by atoms with E-state index in [1.165, 1.54) is 12.1 Å². The maximum absolute atomic E-state index is 12.9. The van der Waals surface area contributed by atoms with E-state index in [-0.39, 0.29) is 24.2 Å². The van der Waals surface area contributed by atoms with Crippen molar-refractivity contribution in [3.63, 3.8) is 0 Å². The molecule has 110 valence electrons. The van der Waals surface area contributed by atoms with E-state index < -0.39 is 0 Å². The number of hydrogen-bond acceptors (Lipinski definition) is 3. The van der Waals surface area contributed by atoms with Gasteiger partial charge in [-0.05, 0) is 37.5 Å². The Balaban J connectivity index is 1.72. The second-order valence-corrected chi connectivity index (χ2v) is 5.41. The number of benzene rings is 1. The molecule has 1 fully saturated rings.